The van der Waals surface area contributed by atoms with E-state index in [-0.39, 0.29) is 18.7 Å². The molecule has 1 aliphatic carbocycles. The monoisotopic (exact) mass is 370 g/mol. The van der Waals surface area contributed by atoms with Gasteiger partial charge in [0, 0.05) is 5.56 Å². The van der Waals surface area contributed by atoms with Gasteiger partial charge in [-0.2, -0.15) is 0 Å². The first-order valence-electron chi connectivity index (χ1n) is 9.96. The highest BCUT2D eigenvalue weighted by Crippen LogP contribution is 2.28. The molecular weight excluding hydrogens is 340 g/mol. The number of nitrogens with zero attached hydrogens (tertiary/aromatic N) is 1. The lowest BCUT2D eigenvalue weighted by Gasteiger charge is -2.32. The zero-order chi connectivity index (χ0) is 19.1. The van der Waals surface area contributed by atoms with E-state index in [0.29, 0.717) is 17.2 Å². The highest BCUT2D eigenvalue weighted by molar-refractivity contribution is 5.94. The van der Waals surface area contributed by atoms with E-state index in [1.54, 1.807) is 29.2 Å². The molecule has 4 N–H and O–H groups in total. The molecule has 1 aromatic rings. The molecule has 0 bridgehead atoms. The molecule has 2 atom stereocenters. The average Bonchev–Trinajstić information content (AvgIpc) is 3.13. The summed E-state index contributed by atoms with van der Waals surface area (Å²) in [7, 11) is 0. The Kier molecular flexibility index (Phi) is 7.11. The second kappa shape index (κ2) is 9.75. The second-order valence-corrected chi connectivity index (χ2v) is 7.37. The zero-order valence-electron chi connectivity index (χ0n) is 15.8. The molecule has 1 saturated carbocycles. The van der Waals surface area contributed by atoms with Crippen LogP contribution >= 0.6 is 0 Å². The number of nitrogens with two attached hydrogens (primary N) is 1. The van der Waals surface area contributed by atoms with E-state index in [1.165, 1.54) is 38.5 Å². The van der Waals surface area contributed by atoms with Crippen LogP contribution in [0.1, 0.15) is 61.7 Å². The molecule has 2 unspecified atom stereocenters. The summed E-state index contributed by atoms with van der Waals surface area (Å²) in [6.45, 7) is 0.210. The summed E-state index contributed by atoms with van der Waals surface area (Å²) < 4.78 is 5.38. The first kappa shape index (κ1) is 19.7. The van der Waals surface area contributed by atoms with Crippen LogP contribution in [0, 0.1) is 18.3 Å². The average molecular weight is 370 g/mol. The van der Waals surface area contributed by atoms with Gasteiger partial charge in [0.15, 0.2) is 0 Å². The highest BCUT2D eigenvalue weighted by atomic mass is 16.5. The van der Waals surface area contributed by atoms with Gasteiger partial charge in [0.1, 0.15) is 24.8 Å². The van der Waals surface area contributed by atoms with E-state index >= 15 is 0 Å². The Bertz CT molecular complexity index is 645. The number of amides is 1. The number of hydrogen-bond donors (Lipinski definition) is 3. The lowest BCUT2D eigenvalue weighted by Crippen LogP contribution is -2.51. The normalized spacial score (nSPS) is 24.5. The maximum atomic E-state index is 13.2. The maximum absolute atomic E-state index is 13.2. The molecule has 6 heteroatoms. The van der Waals surface area contributed by atoms with Gasteiger partial charge in [0.05, 0.1) is 0 Å². The van der Waals surface area contributed by atoms with Gasteiger partial charge >= 0.3 is 0 Å². The third kappa shape index (κ3) is 5.01. The second-order valence-electron chi connectivity index (χ2n) is 7.37. The Hall–Kier alpha value is -2.07. The van der Waals surface area contributed by atoms with Crippen LogP contribution in [0.15, 0.2) is 24.3 Å². The molecular formula is C21H30N4O2. The minimum absolute atomic E-state index is 0.0756. The van der Waals surface area contributed by atoms with E-state index in [1.807, 2.05) is 0 Å². The Balaban J connectivity index is 1.71. The van der Waals surface area contributed by atoms with Crippen molar-refractivity contribution in [2.75, 3.05) is 6.61 Å². The van der Waals surface area contributed by atoms with Crippen LogP contribution in [-0.2, 0) is 0 Å². The van der Waals surface area contributed by atoms with Crippen LogP contribution in [0.3, 0.4) is 0 Å². The minimum atomic E-state index is -0.535. The molecule has 27 heavy (non-hydrogen) atoms. The predicted molar refractivity (Wildman–Crippen MR) is 105 cm³/mol. The Labute approximate surface area is 161 Å². The van der Waals surface area contributed by atoms with Gasteiger partial charge in [-0.3, -0.25) is 15.4 Å². The van der Waals surface area contributed by atoms with Crippen LogP contribution < -0.4 is 21.3 Å². The number of benzene rings is 1. The SMILES string of the molecule is C#CCOc1ccc(C(=O)N2C(N)NNC2C2CCCCCCCC2)cc1. The highest BCUT2D eigenvalue weighted by Gasteiger charge is 2.39. The fourth-order valence-electron chi connectivity index (χ4n) is 4.03. The number of carbonyl (C=O) groups is 1. The number of rotatable bonds is 4. The van der Waals surface area contributed by atoms with E-state index < -0.39 is 6.29 Å². The standard InChI is InChI=1S/C21H30N4O2/c1-2-15-27-18-13-11-17(12-14-18)20(26)25-19(23-24-21(25)22)16-9-7-5-3-4-6-8-10-16/h1,11-14,16,19,21,23-24H,3-10,15,22H2. The summed E-state index contributed by atoms with van der Waals surface area (Å²) in [6, 6.07) is 7.06. The van der Waals surface area contributed by atoms with Crippen molar-refractivity contribution in [1.29, 1.82) is 0 Å². The lowest BCUT2D eigenvalue weighted by atomic mass is 9.93. The van der Waals surface area contributed by atoms with Crippen molar-refractivity contribution >= 4 is 5.91 Å². The molecule has 0 aromatic heterocycles. The smallest absolute Gasteiger partial charge is 0.257 e. The largest absolute Gasteiger partial charge is 0.481 e. The quantitative estimate of drug-likeness (QED) is 0.710. The summed E-state index contributed by atoms with van der Waals surface area (Å²) in [5, 5.41) is 0. The van der Waals surface area contributed by atoms with Crippen molar-refractivity contribution in [3.63, 3.8) is 0 Å². The van der Waals surface area contributed by atoms with Crippen molar-refractivity contribution in [2.24, 2.45) is 11.7 Å². The number of terminal acetylenes is 1. The summed E-state index contributed by atoms with van der Waals surface area (Å²) in [4.78, 5) is 14.9. The number of hydrogen-bond acceptors (Lipinski definition) is 5. The molecule has 0 radical (unpaired) electrons. The summed E-state index contributed by atoms with van der Waals surface area (Å²) >= 11 is 0. The first-order valence-corrected chi connectivity index (χ1v) is 9.96. The van der Waals surface area contributed by atoms with Crippen LogP contribution in [0.25, 0.3) is 0 Å². The minimum Gasteiger partial charge on any atom is -0.481 e. The van der Waals surface area contributed by atoms with Gasteiger partial charge in [-0.15, -0.1) is 6.42 Å². The number of nitrogens with one attached hydrogen (secondary N) is 2. The van der Waals surface area contributed by atoms with E-state index in [4.69, 9.17) is 16.9 Å². The molecule has 6 nitrogen and oxygen atoms in total. The number of hydrazine groups is 1. The Morgan fingerprint density at radius 1 is 1.11 bits per heavy atom. The molecule has 1 aliphatic heterocycles. The Morgan fingerprint density at radius 2 is 1.74 bits per heavy atom. The fraction of sp³-hybridized carbons (Fsp3) is 0.571. The molecule has 1 amide bonds. The topological polar surface area (TPSA) is 79.6 Å². The molecule has 1 heterocycles. The van der Waals surface area contributed by atoms with Gasteiger partial charge in [-0.25, -0.2) is 10.9 Å². The van der Waals surface area contributed by atoms with E-state index in [0.717, 1.165) is 12.8 Å². The number of carbonyl (C=O) groups excluding carboxylic acids is 1. The van der Waals surface area contributed by atoms with E-state index in [9.17, 15) is 4.79 Å². The van der Waals surface area contributed by atoms with Crippen LogP contribution in [0.2, 0.25) is 0 Å². The molecule has 146 valence electrons. The van der Waals surface area contributed by atoms with Crippen molar-refractivity contribution < 1.29 is 9.53 Å². The van der Waals surface area contributed by atoms with Gasteiger partial charge in [0.2, 0.25) is 0 Å². The summed E-state index contributed by atoms with van der Waals surface area (Å²) in [6.07, 6.45) is 14.4. The predicted octanol–water partition coefficient (Wildman–Crippen LogP) is 2.57. The van der Waals surface area contributed by atoms with Gasteiger partial charge in [-0.1, -0.05) is 44.4 Å². The molecule has 1 saturated heterocycles. The first-order chi connectivity index (χ1) is 13.2. The van der Waals surface area contributed by atoms with Crippen LogP contribution in [0.4, 0.5) is 0 Å². The molecule has 2 aliphatic rings. The number of ether oxygens (including phenoxy) is 1. The van der Waals surface area contributed by atoms with Crippen molar-refractivity contribution in [3.8, 4) is 18.1 Å². The molecule has 3 rings (SSSR count). The van der Waals surface area contributed by atoms with Gasteiger partial charge < -0.3 is 4.74 Å². The van der Waals surface area contributed by atoms with E-state index in [2.05, 4.69) is 16.8 Å². The zero-order valence-corrected chi connectivity index (χ0v) is 15.8. The third-order valence-corrected chi connectivity index (χ3v) is 5.48. The summed E-state index contributed by atoms with van der Waals surface area (Å²) in [5.41, 5.74) is 13.1. The van der Waals surface area contributed by atoms with Crippen LogP contribution in [0.5, 0.6) is 5.75 Å². The lowest BCUT2D eigenvalue weighted by molar-refractivity contribution is 0.0574. The molecule has 1 aromatic carbocycles. The van der Waals surface area contributed by atoms with Gasteiger partial charge in [0.25, 0.3) is 5.91 Å². The van der Waals surface area contributed by atoms with Crippen LogP contribution in [-0.4, -0.2) is 29.9 Å². The third-order valence-electron chi connectivity index (χ3n) is 5.48. The fourth-order valence-corrected chi connectivity index (χ4v) is 4.03. The Morgan fingerprint density at radius 3 is 2.37 bits per heavy atom. The van der Waals surface area contributed by atoms with Crippen molar-refractivity contribution in [1.82, 2.24) is 15.8 Å². The van der Waals surface area contributed by atoms with Crippen molar-refractivity contribution in [3.05, 3.63) is 29.8 Å². The maximum Gasteiger partial charge on any atom is 0.257 e. The molecule has 2 fully saturated rings. The molecule has 0 spiro atoms. The van der Waals surface area contributed by atoms with Crippen molar-refractivity contribution in [2.45, 2.75) is 63.8 Å². The summed E-state index contributed by atoms with van der Waals surface area (Å²) in [5.74, 6) is 3.41. The van der Waals surface area contributed by atoms with Gasteiger partial charge in [-0.05, 0) is 43.0 Å².